The van der Waals surface area contributed by atoms with Gasteiger partial charge in [0.25, 0.3) is 5.70 Å². The van der Waals surface area contributed by atoms with E-state index in [0.717, 1.165) is 5.71 Å². The Morgan fingerprint density at radius 1 is 1.71 bits per heavy atom. The van der Waals surface area contributed by atoms with Crippen molar-refractivity contribution in [3.63, 3.8) is 0 Å². The van der Waals surface area contributed by atoms with Crippen molar-refractivity contribution in [2.45, 2.75) is 20.3 Å². The van der Waals surface area contributed by atoms with Gasteiger partial charge in [-0.3, -0.25) is 15.1 Å². The van der Waals surface area contributed by atoms with Gasteiger partial charge in [0.1, 0.15) is 6.20 Å². The third-order valence-electron chi connectivity index (χ3n) is 2.66. The highest BCUT2D eigenvalue weighted by atomic mass is 16.6. The van der Waals surface area contributed by atoms with E-state index < -0.39 is 0 Å². The third kappa shape index (κ3) is 2.07. The topological polar surface area (TPSA) is 55.5 Å². The molecule has 1 aliphatic heterocycles. The maximum Gasteiger partial charge on any atom is 0.264 e. The number of rotatable bonds is 2. The highest BCUT2D eigenvalue weighted by Crippen LogP contribution is 2.25. The molecule has 0 radical (unpaired) electrons. The molecule has 0 spiro atoms. The summed E-state index contributed by atoms with van der Waals surface area (Å²) in [6.45, 7) is 7.66. The van der Waals surface area contributed by atoms with Crippen molar-refractivity contribution in [1.29, 1.82) is 0 Å². The van der Waals surface area contributed by atoms with Gasteiger partial charge in [-0.2, -0.15) is 0 Å². The van der Waals surface area contributed by atoms with E-state index in [2.05, 4.69) is 11.6 Å². The number of allylic oxidation sites excluding steroid dienone is 2. The zero-order valence-electron chi connectivity index (χ0n) is 8.43. The van der Waals surface area contributed by atoms with Crippen LogP contribution in [0.1, 0.15) is 20.3 Å². The van der Waals surface area contributed by atoms with E-state index in [0.29, 0.717) is 6.42 Å². The van der Waals surface area contributed by atoms with Gasteiger partial charge in [0, 0.05) is 18.1 Å². The molecule has 0 aromatic carbocycles. The van der Waals surface area contributed by atoms with Gasteiger partial charge >= 0.3 is 0 Å². The van der Waals surface area contributed by atoms with Crippen LogP contribution in [-0.2, 0) is 0 Å². The van der Waals surface area contributed by atoms with E-state index in [9.17, 15) is 10.1 Å². The summed E-state index contributed by atoms with van der Waals surface area (Å²) in [4.78, 5) is 14.3. The maximum absolute atomic E-state index is 10.6. The first-order chi connectivity index (χ1) is 6.56. The molecule has 14 heavy (non-hydrogen) atoms. The summed E-state index contributed by atoms with van der Waals surface area (Å²) in [6, 6.07) is 0. The monoisotopic (exact) mass is 194 g/mol. The zero-order chi connectivity index (χ0) is 10.7. The predicted octanol–water partition coefficient (Wildman–Crippen LogP) is 2.41. The predicted molar refractivity (Wildman–Crippen MR) is 55.7 cm³/mol. The van der Waals surface area contributed by atoms with Crippen molar-refractivity contribution in [1.82, 2.24) is 0 Å². The summed E-state index contributed by atoms with van der Waals surface area (Å²) in [7, 11) is 0. The van der Waals surface area contributed by atoms with Crippen LogP contribution in [0, 0.1) is 22.0 Å². The van der Waals surface area contributed by atoms with Gasteiger partial charge < -0.3 is 0 Å². The summed E-state index contributed by atoms with van der Waals surface area (Å²) in [6.07, 6.45) is 3.48. The van der Waals surface area contributed by atoms with Crippen LogP contribution in [0.3, 0.4) is 0 Å². The fourth-order valence-corrected chi connectivity index (χ4v) is 1.48. The molecule has 2 atom stereocenters. The fraction of sp³-hybridized carbons (Fsp3) is 0.500. The van der Waals surface area contributed by atoms with Crippen molar-refractivity contribution in [3.05, 3.63) is 34.7 Å². The van der Waals surface area contributed by atoms with Crippen LogP contribution in [0.2, 0.25) is 0 Å². The Hall–Kier alpha value is -1.45. The molecule has 0 aromatic rings. The Balaban J connectivity index is 3.00. The van der Waals surface area contributed by atoms with E-state index in [1.54, 1.807) is 6.08 Å². The summed E-state index contributed by atoms with van der Waals surface area (Å²) in [5, 5.41) is 10.6. The summed E-state index contributed by atoms with van der Waals surface area (Å²) in [5.41, 5.74) is 1.01. The highest BCUT2D eigenvalue weighted by molar-refractivity contribution is 5.96. The molecule has 1 aliphatic rings. The molecule has 0 bridgehead atoms. The van der Waals surface area contributed by atoms with E-state index in [1.807, 2.05) is 13.8 Å². The second kappa shape index (κ2) is 4.17. The minimum atomic E-state index is -0.362. The van der Waals surface area contributed by atoms with Crippen LogP contribution in [0.25, 0.3) is 0 Å². The first kappa shape index (κ1) is 10.6. The molecule has 0 amide bonds. The van der Waals surface area contributed by atoms with Crippen LogP contribution in [0.4, 0.5) is 0 Å². The summed E-state index contributed by atoms with van der Waals surface area (Å²) in [5.74, 6) is 0.451. The Bertz CT molecular complexity index is 312. The number of nitro groups is 1. The quantitative estimate of drug-likeness (QED) is 0.500. The number of nitrogens with zero attached hydrogens (tertiary/aromatic N) is 2. The van der Waals surface area contributed by atoms with Crippen molar-refractivity contribution in [3.8, 4) is 0 Å². The molecule has 0 N–H and O–H groups in total. The average Bonchev–Trinajstić information content (AvgIpc) is 2.28. The summed E-state index contributed by atoms with van der Waals surface area (Å²) < 4.78 is 0. The lowest BCUT2D eigenvalue weighted by Crippen LogP contribution is -2.16. The van der Waals surface area contributed by atoms with Gasteiger partial charge in [-0.05, 0) is 12.0 Å². The smallest absolute Gasteiger partial charge is 0.259 e. The second-order valence-corrected chi connectivity index (χ2v) is 3.61. The molecule has 1 heterocycles. The van der Waals surface area contributed by atoms with E-state index in [4.69, 9.17) is 0 Å². The molecular formula is C10H14N2O2. The van der Waals surface area contributed by atoms with E-state index >= 15 is 0 Å². The van der Waals surface area contributed by atoms with Crippen LogP contribution >= 0.6 is 0 Å². The average molecular weight is 194 g/mol. The summed E-state index contributed by atoms with van der Waals surface area (Å²) >= 11 is 0. The minimum Gasteiger partial charge on any atom is -0.259 e. The lowest BCUT2D eigenvalue weighted by molar-refractivity contribution is -0.429. The van der Waals surface area contributed by atoms with Crippen LogP contribution < -0.4 is 0 Å². The number of aliphatic imine (C=N–C) groups is 1. The van der Waals surface area contributed by atoms with Crippen molar-refractivity contribution < 1.29 is 4.92 Å². The van der Waals surface area contributed by atoms with E-state index in [-0.39, 0.29) is 22.5 Å². The molecule has 0 aliphatic carbocycles. The molecule has 76 valence electrons. The van der Waals surface area contributed by atoms with Crippen LogP contribution in [0.15, 0.2) is 29.5 Å². The van der Waals surface area contributed by atoms with Gasteiger partial charge in [-0.1, -0.05) is 20.4 Å². The van der Waals surface area contributed by atoms with Gasteiger partial charge in [-0.25, -0.2) is 0 Å². The molecule has 0 aromatic heterocycles. The van der Waals surface area contributed by atoms with Crippen LogP contribution in [0.5, 0.6) is 0 Å². The van der Waals surface area contributed by atoms with Crippen LogP contribution in [-0.4, -0.2) is 10.6 Å². The molecule has 2 unspecified atom stereocenters. The molecule has 0 fully saturated rings. The maximum atomic E-state index is 10.6. The first-order valence-electron chi connectivity index (χ1n) is 4.59. The number of hydrogen-bond acceptors (Lipinski definition) is 3. The minimum absolute atomic E-state index is 0.182. The second-order valence-electron chi connectivity index (χ2n) is 3.61. The highest BCUT2D eigenvalue weighted by Gasteiger charge is 2.25. The Morgan fingerprint density at radius 2 is 2.36 bits per heavy atom. The molecule has 4 nitrogen and oxygen atoms in total. The van der Waals surface area contributed by atoms with Crippen molar-refractivity contribution in [2.24, 2.45) is 16.8 Å². The third-order valence-corrected chi connectivity index (χ3v) is 2.66. The lowest BCUT2D eigenvalue weighted by Gasteiger charge is -2.15. The lowest BCUT2D eigenvalue weighted by atomic mass is 9.88. The van der Waals surface area contributed by atoms with Gasteiger partial charge in [-0.15, -0.1) is 0 Å². The molecule has 0 saturated carbocycles. The normalized spacial score (nSPS) is 27.3. The van der Waals surface area contributed by atoms with Gasteiger partial charge in [0.05, 0.1) is 4.92 Å². The Morgan fingerprint density at radius 3 is 2.86 bits per heavy atom. The molecule has 0 saturated heterocycles. The molecule has 1 rings (SSSR count). The van der Waals surface area contributed by atoms with E-state index in [1.165, 1.54) is 6.20 Å². The molecular weight excluding hydrogens is 180 g/mol. The Labute approximate surface area is 83.2 Å². The largest absolute Gasteiger partial charge is 0.264 e. The van der Waals surface area contributed by atoms with Crippen molar-refractivity contribution in [2.75, 3.05) is 0 Å². The zero-order valence-corrected chi connectivity index (χ0v) is 8.43. The standard InChI is InChI=1S/C10H14N2O2/c1-4-10-8(3)7(2)5-9(6-11-10)12(13)14/h4,6-8H,1,5H2,2-3H3. The van der Waals surface area contributed by atoms with Gasteiger partial charge in [0.15, 0.2) is 0 Å². The first-order valence-corrected chi connectivity index (χ1v) is 4.59. The fourth-order valence-electron chi connectivity index (χ4n) is 1.48. The Kier molecular flexibility index (Phi) is 3.17. The van der Waals surface area contributed by atoms with Gasteiger partial charge in [0.2, 0.25) is 0 Å². The van der Waals surface area contributed by atoms with Crippen molar-refractivity contribution >= 4 is 5.71 Å². The number of hydrogen-bond donors (Lipinski definition) is 0. The SMILES string of the molecule is C=CC1=NC=C([N+](=O)[O-])CC(C)C1C. The molecule has 4 heteroatoms.